The summed E-state index contributed by atoms with van der Waals surface area (Å²) in [5.41, 5.74) is 0. The number of furan rings is 1. The van der Waals surface area contributed by atoms with Crippen molar-refractivity contribution in [3.8, 4) is 0 Å². The van der Waals surface area contributed by atoms with Crippen molar-refractivity contribution in [2.45, 2.75) is 4.90 Å². The van der Waals surface area contributed by atoms with Gasteiger partial charge >= 0.3 is 5.97 Å². The molecular formula is C9H6BrN3O5S. The van der Waals surface area contributed by atoms with E-state index >= 15 is 0 Å². The number of carbonyl (C=O) groups is 1. The minimum Gasteiger partial charge on any atom is -0.475 e. The Kier molecular flexibility index (Phi) is 3.53. The van der Waals surface area contributed by atoms with Crippen molar-refractivity contribution in [1.82, 2.24) is 9.97 Å². The van der Waals surface area contributed by atoms with Crippen LogP contribution in [-0.4, -0.2) is 29.5 Å². The van der Waals surface area contributed by atoms with Crippen molar-refractivity contribution in [3.05, 3.63) is 35.0 Å². The van der Waals surface area contributed by atoms with Crippen LogP contribution >= 0.6 is 15.9 Å². The fourth-order valence-corrected chi connectivity index (χ4v) is 3.07. The first kappa shape index (κ1) is 13.5. The number of aromatic carboxylic acids is 1. The zero-order valence-electron chi connectivity index (χ0n) is 9.07. The summed E-state index contributed by atoms with van der Waals surface area (Å²) in [4.78, 5) is 17.7. The molecule has 0 aliphatic heterocycles. The monoisotopic (exact) mass is 347 g/mol. The van der Waals surface area contributed by atoms with Crippen LogP contribution in [-0.2, 0) is 10.0 Å². The van der Waals surface area contributed by atoms with E-state index in [0.29, 0.717) is 0 Å². The van der Waals surface area contributed by atoms with Gasteiger partial charge in [0.15, 0.2) is 4.67 Å². The molecule has 0 unspecified atom stereocenters. The summed E-state index contributed by atoms with van der Waals surface area (Å²) in [5.74, 6) is -2.01. The predicted molar refractivity (Wildman–Crippen MR) is 66.2 cm³/mol. The van der Waals surface area contributed by atoms with Gasteiger partial charge in [-0.3, -0.25) is 0 Å². The minimum absolute atomic E-state index is 0.132. The molecule has 2 heterocycles. The number of anilines is 1. The van der Waals surface area contributed by atoms with Crippen LogP contribution in [0, 0.1) is 0 Å². The van der Waals surface area contributed by atoms with Crippen LogP contribution in [0.15, 0.2) is 38.5 Å². The average molecular weight is 348 g/mol. The molecule has 0 bridgehead atoms. The van der Waals surface area contributed by atoms with Gasteiger partial charge in [-0.25, -0.2) is 27.9 Å². The summed E-state index contributed by atoms with van der Waals surface area (Å²) in [5, 5.41) is 8.72. The second kappa shape index (κ2) is 4.97. The lowest BCUT2D eigenvalue weighted by atomic mass is 10.5. The lowest BCUT2D eigenvalue weighted by molar-refractivity contribution is 0.0661. The van der Waals surface area contributed by atoms with Crippen LogP contribution in [0.2, 0.25) is 0 Å². The van der Waals surface area contributed by atoms with Crippen LogP contribution in [0.1, 0.15) is 10.6 Å². The molecule has 0 saturated carbocycles. The fraction of sp³-hybridized carbons (Fsp3) is 0. The smallest absolute Gasteiger partial charge is 0.371 e. The number of carboxylic acids is 1. The number of hydrogen-bond acceptors (Lipinski definition) is 6. The summed E-state index contributed by atoms with van der Waals surface area (Å²) in [6.07, 6.45) is 2.72. The van der Waals surface area contributed by atoms with Gasteiger partial charge in [0.05, 0.1) is 0 Å². The molecule has 0 aromatic carbocycles. The quantitative estimate of drug-likeness (QED) is 0.854. The molecular weight excluding hydrogens is 342 g/mol. The zero-order chi connectivity index (χ0) is 14.0. The maximum atomic E-state index is 12.0. The van der Waals surface area contributed by atoms with Crippen molar-refractivity contribution in [2.24, 2.45) is 0 Å². The minimum atomic E-state index is -4.04. The van der Waals surface area contributed by atoms with Gasteiger partial charge in [0.1, 0.15) is 4.90 Å². The first-order valence-corrected chi connectivity index (χ1v) is 7.00. The summed E-state index contributed by atoms with van der Waals surface area (Å²) >= 11 is 2.84. The molecule has 2 N–H and O–H groups in total. The van der Waals surface area contributed by atoms with E-state index in [1.807, 2.05) is 0 Å². The lowest BCUT2D eigenvalue weighted by Crippen LogP contribution is -2.14. The van der Waals surface area contributed by atoms with E-state index in [4.69, 9.17) is 9.52 Å². The van der Waals surface area contributed by atoms with E-state index in [1.54, 1.807) is 0 Å². The number of nitrogens with one attached hydrogen (secondary N) is 1. The third-order valence-corrected chi connectivity index (χ3v) is 4.13. The molecule has 0 atom stereocenters. The highest BCUT2D eigenvalue weighted by atomic mass is 79.9. The fourth-order valence-electron chi connectivity index (χ4n) is 1.17. The SMILES string of the molecule is O=C(O)c1cc(S(=O)(=O)Nc2ncccn2)c(Br)o1. The number of nitrogens with zero attached hydrogens (tertiary/aromatic N) is 2. The number of rotatable bonds is 4. The highest BCUT2D eigenvalue weighted by Crippen LogP contribution is 2.27. The number of aromatic nitrogens is 2. The van der Waals surface area contributed by atoms with Gasteiger partial charge in [0.2, 0.25) is 11.7 Å². The highest BCUT2D eigenvalue weighted by molar-refractivity contribution is 9.10. The molecule has 0 aliphatic rings. The first-order valence-electron chi connectivity index (χ1n) is 4.72. The Morgan fingerprint density at radius 3 is 2.53 bits per heavy atom. The molecule has 2 rings (SSSR count). The van der Waals surface area contributed by atoms with Gasteiger partial charge < -0.3 is 9.52 Å². The molecule has 0 spiro atoms. The Hall–Kier alpha value is -1.94. The maximum absolute atomic E-state index is 12.0. The number of halogens is 1. The van der Waals surface area contributed by atoms with E-state index in [2.05, 4.69) is 30.6 Å². The van der Waals surface area contributed by atoms with Crippen LogP contribution in [0.3, 0.4) is 0 Å². The van der Waals surface area contributed by atoms with Crippen LogP contribution in [0.25, 0.3) is 0 Å². The van der Waals surface area contributed by atoms with Gasteiger partial charge in [0.25, 0.3) is 10.0 Å². The largest absolute Gasteiger partial charge is 0.475 e. The molecule has 100 valence electrons. The molecule has 2 aromatic rings. The lowest BCUT2D eigenvalue weighted by Gasteiger charge is -2.03. The Bertz CT molecular complexity index is 713. The van der Waals surface area contributed by atoms with Gasteiger partial charge in [-0.15, -0.1) is 0 Å². The average Bonchev–Trinajstić information content (AvgIpc) is 2.73. The molecule has 0 radical (unpaired) electrons. The zero-order valence-corrected chi connectivity index (χ0v) is 11.5. The van der Waals surface area contributed by atoms with Gasteiger partial charge in [-0.05, 0) is 22.0 Å². The molecule has 0 fully saturated rings. The normalized spacial score (nSPS) is 11.2. The molecule has 0 amide bonds. The molecule has 8 nitrogen and oxygen atoms in total. The maximum Gasteiger partial charge on any atom is 0.371 e. The molecule has 10 heteroatoms. The van der Waals surface area contributed by atoms with Crippen molar-refractivity contribution >= 4 is 37.9 Å². The van der Waals surface area contributed by atoms with E-state index in [0.717, 1.165) is 6.07 Å². The molecule has 2 aromatic heterocycles. The first-order chi connectivity index (χ1) is 8.90. The van der Waals surface area contributed by atoms with Gasteiger partial charge in [0, 0.05) is 18.5 Å². The van der Waals surface area contributed by atoms with Crippen molar-refractivity contribution in [1.29, 1.82) is 0 Å². The Morgan fingerprint density at radius 1 is 1.37 bits per heavy atom. The highest BCUT2D eigenvalue weighted by Gasteiger charge is 2.25. The standard InChI is InChI=1S/C9H6BrN3O5S/c10-7-6(4-5(18-7)8(14)15)19(16,17)13-9-11-2-1-3-12-9/h1-4H,(H,14,15)(H,11,12,13). The van der Waals surface area contributed by atoms with E-state index in [-0.39, 0.29) is 15.5 Å². The van der Waals surface area contributed by atoms with Crippen molar-refractivity contribution in [3.63, 3.8) is 0 Å². The van der Waals surface area contributed by atoms with E-state index < -0.39 is 21.8 Å². The van der Waals surface area contributed by atoms with E-state index in [1.165, 1.54) is 18.5 Å². The second-order valence-electron chi connectivity index (χ2n) is 3.23. The molecule has 0 aliphatic carbocycles. The van der Waals surface area contributed by atoms with Crippen molar-refractivity contribution < 1.29 is 22.7 Å². The summed E-state index contributed by atoms with van der Waals surface area (Å²) in [7, 11) is -4.04. The third-order valence-electron chi connectivity index (χ3n) is 1.95. The number of sulfonamides is 1. The Balaban J connectivity index is 2.37. The summed E-state index contributed by atoms with van der Waals surface area (Å²) < 4.78 is 30.6. The van der Waals surface area contributed by atoms with Crippen LogP contribution in [0.4, 0.5) is 5.95 Å². The van der Waals surface area contributed by atoms with Crippen LogP contribution < -0.4 is 4.72 Å². The topological polar surface area (TPSA) is 122 Å². The van der Waals surface area contributed by atoms with Crippen LogP contribution in [0.5, 0.6) is 0 Å². The Labute approximate surface area is 115 Å². The summed E-state index contributed by atoms with van der Waals surface area (Å²) in [6, 6.07) is 2.41. The number of hydrogen-bond donors (Lipinski definition) is 2. The van der Waals surface area contributed by atoms with E-state index in [9.17, 15) is 13.2 Å². The van der Waals surface area contributed by atoms with Crippen molar-refractivity contribution in [2.75, 3.05) is 4.72 Å². The Morgan fingerprint density at radius 2 is 2.00 bits per heavy atom. The van der Waals surface area contributed by atoms with Gasteiger partial charge in [-0.2, -0.15) is 0 Å². The summed E-state index contributed by atoms with van der Waals surface area (Å²) in [6.45, 7) is 0. The predicted octanol–water partition coefficient (Wildman–Crippen LogP) is 1.33. The molecule has 19 heavy (non-hydrogen) atoms. The third kappa shape index (κ3) is 2.90. The second-order valence-corrected chi connectivity index (χ2v) is 5.60. The number of carboxylic acid groups (broad SMARTS) is 1. The molecule has 0 saturated heterocycles. The van der Waals surface area contributed by atoms with Gasteiger partial charge in [-0.1, -0.05) is 0 Å².